The van der Waals surface area contributed by atoms with Gasteiger partial charge in [-0.05, 0) is 57.8 Å². The van der Waals surface area contributed by atoms with E-state index in [1.807, 2.05) is 13.8 Å². The molecule has 1 saturated heterocycles. The molecule has 47 heavy (non-hydrogen) atoms. The number of carbonyl (C=O) groups excluding carboxylic acids is 5. The second kappa shape index (κ2) is 19.1. The summed E-state index contributed by atoms with van der Waals surface area (Å²) >= 11 is 0. The van der Waals surface area contributed by atoms with Crippen LogP contribution in [0.3, 0.4) is 0 Å². The first-order valence-electron chi connectivity index (χ1n) is 15.8. The predicted molar refractivity (Wildman–Crippen MR) is 167 cm³/mol. The van der Waals surface area contributed by atoms with E-state index >= 15 is 0 Å². The van der Waals surface area contributed by atoms with E-state index < -0.39 is 103 Å². The van der Waals surface area contributed by atoms with Gasteiger partial charge in [0.2, 0.25) is 29.5 Å². The fourth-order valence-corrected chi connectivity index (χ4v) is 5.19. The fourth-order valence-electron chi connectivity index (χ4n) is 5.19. The standard InChI is InChI=1S/C30H52N6O11/c1-14(2)12-18(31)29(45)36-11-7-8-21(36)26(42)32-19(9-10-22(39)40)25(41)34-24(17(6)38)28(44)35-23(16(5)37)27(43)33-20(30(46)47)13-15(3)4/h14-21,23-24,37-38H,7-13,31H2,1-6H3,(H,32,42)(H,33,43)(H,34,41)(H,35,44)(H,39,40)(H,46,47)/t16-,17-,18+,19+,20+,21+,23+,24+/m1/s1. The van der Waals surface area contributed by atoms with Gasteiger partial charge in [0.25, 0.3) is 0 Å². The molecular weight excluding hydrogens is 620 g/mol. The third-order valence-electron chi connectivity index (χ3n) is 7.61. The summed E-state index contributed by atoms with van der Waals surface area (Å²) in [6.07, 6.45) is -2.82. The number of aliphatic carboxylic acids is 2. The van der Waals surface area contributed by atoms with E-state index in [-0.39, 0.29) is 31.2 Å². The van der Waals surface area contributed by atoms with Crippen LogP contribution in [0.4, 0.5) is 0 Å². The zero-order valence-corrected chi connectivity index (χ0v) is 27.9. The molecule has 0 aromatic rings. The van der Waals surface area contributed by atoms with E-state index in [1.165, 1.54) is 11.8 Å². The monoisotopic (exact) mass is 672 g/mol. The Kier molecular flexibility index (Phi) is 16.7. The highest BCUT2D eigenvalue weighted by Gasteiger charge is 2.39. The number of aliphatic hydroxyl groups excluding tert-OH is 2. The van der Waals surface area contributed by atoms with Crippen LogP contribution in [0.25, 0.3) is 0 Å². The summed E-state index contributed by atoms with van der Waals surface area (Å²) in [6.45, 7) is 9.87. The molecule has 0 aromatic carbocycles. The summed E-state index contributed by atoms with van der Waals surface area (Å²) in [5, 5.41) is 48.4. The van der Waals surface area contributed by atoms with Crippen LogP contribution < -0.4 is 27.0 Å². The summed E-state index contributed by atoms with van der Waals surface area (Å²) in [5.41, 5.74) is 6.05. The van der Waals surface area contributed by atoms with Crippen LogP contribution in [0.5, 0.6) is 0 Å². The van der Waals surface area contributed by atoms with Crippen molar-refractivity contribution in [2.75, 3.05) is 6.54 Å². The smallest absolute Gasteiger partial charge is 0.326 e. The second-order valence-corrected chi connectivity index (χ2v) is 12.9. The number of nitrogens with one attached hydrogen (secondary N) is 4. The average Bonchev–Trinajstić information content (AvgIpc) is 3.44. The van der Waals surface area contributed by atoms with E-state index in [1.54, 1.807) is 13.8 Å². The minimum absolute atomic E-state index is 0.0644. The number of hydrogen-bond acceptors (Lipinski definition) is 10. The third kappa shape index (κ3) is 13.4. The molecule has 0 unspecified atom stereocenters. The highest BCUT2D eigenvalue weighted by molar-refractivity contribution is 5.97. The van der Waals surface area contributed by atoms with Crippen LogP contribution in [0.2, 0.25) is 0 Å². The van der Waals surface area contributed by atoms with E-state index in [9.17, 15) is 54.0 Å². The van der Waals surface area contributed by atoms with Gasteiger partial charge in [0, 0.05) is 13.0 Å². The lowest BCUT2D eigenvalue weighted by atomic mass is 10.0. The van der Waals surface area contributed by atoms with Crippen molar-refractivity contribution in [1.82, 2.24) is 26.2 Å². The largest absolute Gasteiger partial charge is 0.481 e. The first kappa shape index (κ1) is 41.2. The number of hydrogen-bond donors (Lipinski definition) is 9. The molecule has 17 nitrogen and oxygen atoms in total. The number of nitrogens with two attached hydrogens (primary N) is 1. The minimum atomic E-state index is -1.75. The average molecular weight is 673 g/mol. The Morgan fingerprint density at radius 2 is 1.26 bits per heavy atom. The van der Waals surface area contributed by atoms with Crippen molar-refractivity contribution in [2.24, 2.45) is 17.6 Å². The number of carbonyl (C=O) groups is 7. The van der Waals surface area contributed by atoms with Gasteiger partial charge >= 0.3 is 11.9 Å². The summed E-state index contributed by atoms with van der Waals surface area (Å²) < 4.78 is 0. The SMILES string of the molecule is CC(C)C[C@H](NC(=O)[C@@H](NC(=O)[C@@H](NC(=O)[C@H](CCC(=O)O)NC(=O)[C@@H]1CCCN1C(=O)[C@@H](N)CC(C)C)[C@@H](C)O)[C@@H](C)O)C(=O)O. The predicted octanol–water partition coefficient (Wildman–Crippen LogP) is -1.95. The minimum Gasteiger partial charge on any atom is -0.481 e. The lowest BCUT2D eigenvalue weighted by Gasteiger charge is -2.30. The fraction of sp³-hybridized carbons (Fsp3) is 0.767. The van der Waals surface area contributed by atoms with E-state index in [0.29, 0.717) is 12.8 Å². The molecule has 10 N–H and O–H groups in total. The summed E-state index contributed by atoms with van der Waals surface area (Å²) in [7, 11) is 0. The highest BCUT2D eigenvalue weighted by atomic mass is 16.4. The van der Waals surface area contributed by atoms with Gasteiger partial charge < -0.3 is 52.3 Å². The molecule has 1 aliphatic rings. The van der Waals surface area contributed by atoms with Gasteiger partial charge in [-0.2, -0.15) is 0 Å². The van der Waals surface area contributed by atoms with E-state index in [0.717, 1.165) is 6.92 Å². The number of nitrogens with zero attached hydrogens (tertiary/aromatic N) is 1. The first-order chi connectivity index (χ1) is 21.8. The van der Waals surface area contributed by atoms with E-state index in [4.69, 9.17) is 5.73 Å². The lowest BCUT2D eigenvalue weighted by molar-refractivity contribution is -0.144. The van der Waals surface area contributed by atoms with Crippen LogP contribution in [0.15, 0.2) is 0 Å². The molecule has 0 bridgehead atoms. The maximum atomic E-state index is 13.3. The zero-order chi connectivity index (χ0) is 36.2. The van der Waals surface area contributed by atoms with Crippen molar-refractivity contribution in [2.45, 2.75) is 129 Å². The third-order valence-corrected chi connectivity index (χ3v) is 7.61. The molecule has 8 atom stereocenters. The quantitative estimate of drug-likeness (QED) is 0.0724. The molecule has 1 heterocycles. The Labute approximate surface area is 274 Å². The van der Waals surface area contributed by atoms with Crippen LogP contribution >= 0.6 is 0 Å². The van der Waals surface area contributed by atoms with Crippen LogP contribution in [-0.2, 0) is 33.6 Å². The van der Waals surface area contributed by atoms with Crippen LogP contribution in [-0.4, -0.2) is 122 Å². The molecule has 0 saturated carbocycles. The van der Waals surface area contributed by atoms with Gasteiger partial charge in [-0.3, -0.25) is 28.8 Å². The number of aliphatic hydroxyl groups is 2. The molecule has 1 aliphatic heterocycles. The Balaban J connectivity index is 3.13. The number of amides is 5. The van der Waals surface area contributed by atoms with Gasteiger partial charge in [0.1, 0.15) is 30.2 Å². The molecule has 268 valence electrons. The van der Waals surface area contributed by atoms with Gasteiger partial charge in [0.05, 0.1) is 18.2 Å². The number of carboxylic acids is 2. The van der Waals surface area contributed by atoms with Gasteiger partial charge in [-0.25, -0.2) is 4.79 Å². The number of carboxylic acid groups (broad SMARTS) is 2. The molecule has 0 spiro atoms. The maximum Gasteiger partial charge on any atom is 0.326 e. The van der Waals surface area contributed by atoms with Crippen molar-refractivity contribution < 1.29 is 54.0 Å². The Bertz CT molecular complexity index is 1130. The Hall–Kier alpha value is -3.83. The summed E-state index contributed by atoms with van der Waals surface area (Å²) in [4.78, 5) is 89.9. The lowest BCUT2D eigenvalue weighted by Crippen LogP contribution is -2.62. The van der Waals surface area contributed by atoms with Gasteiger partial charge in [0.15, 0.2) is 0 Å². The zero-order valence-electron chi connectivity index (χ0n) is 27.9. The summed E-state index contributed by atoms with van der Waals surface area (Å²) in [6, 6.07) is -8.04. The van der Waals surface area contributed by atoms with Crippen molar-refractivity contribution >= 4 is 41.5 Å². The second-order valence-electron chi connectivity index (χ2n) is 12.9. The molecular formula is C30H52N6O11. The first-order valence-corrected chi connectivity index (χ1v) is 15.8. The molecule has 0 radical (unpaired) electrons. The number of rotatable bonds is 19. The molecule has 0 aromatic heterocycles. The molecule has 1 rings (SSSR count). The Morgan fingerprint density at radius 3 is 1.72 bits per heavy atom. The Morgan fingerprint density at radius 1 is 0.745 bits per heavy atom. The van der Waals surface area contributed by atoms with Gasteiger partial charge in [-0.15, -0.1) is 0 Å². The molecule has 5 amide bonds. The van der Waals surface area contributed by atoms with Crippen molar-refractivity contribution in [3.8, 4) is 0 Å². The molecule has 17 heteroatoms. The van der Waals surface area contributed by atoms with Gasteiger partial charge in [-0.1, -0.05) is 27.7 Å². The molecule has 0 aliphatic carbocycles. The normalized spacial score (nSPS) is 19.1. The van der Waals surface area contributed by atoms with Crippen molar-refractivity contribution in [3.05, 3.63) is 0 Å². The van der Waals surface area contributed by atoms with Crippen molar-refractivity contribution in [3.63, 3.8) is 0 Å². The topological polar surface area (TPSA) is 278 Å². The summed E-state index contributed by atoms with van der Waals surface area (Å²) in [5.74, 6) is -6.91. The maximum absolute atomic E-state index is 13.3. The van der Waals surface area contributed by atoms with E-state index in [2.05, 4.69) is 21.3 Å². The number of likely N-dealkylation sites (tertiary alicyclic amines) is 1. The van der Waals surface area contributed by atoms with Crippen molar-refractivity contribution in [1.29, 1.82) is 0 Å². The van der Waals surface area contributed by atoms with Crippen LogP contribution in [0.1, 0.15) is 80.1 Å². The van der Waals surface area contributed by atoms with Crippen LogP contribution in [0, 0.1) is 11.8 Å². The molecule has 1 fully saturated rings. The highest BCUT2D eigenvalue weighted by Crippen LogP contribution is 2.20.